The fraction of sp³-hybridized carbons (Fsp3) is 0.538. The third-order valence-corrected chi connectivity index (χ3v) is 8.15. The van der Waals surface area contributed by atoms with Crippen LogP contribution in [-0.2, 0) is 11.9 Å². The van der Waals surface area contributed by atoms with E-state index in [1.54, 1.807) is 9.03 Å². The number of fused-ring (bicyclic) bond motifs is 2. The van der Waals surface area contributed by atoms with Crippen molar-refractivity contribution in [1.29, 1.82) is 0 Å². The first kappa shape index (κ1) is 31.4. The lowest BCUT2D eigenvalue weighted by Crippen LogP contribution is -2.46. The molecule has 0 atom stereocenters. The molecule has 37 heavy (non-hydrogen) atoms. The van der Waals surface area contributed by atoms with Crippen LogP contribution in [0.3, 0.4) is 0 Å². The Labute approximate surface area is 239 Å². The maximum atomic E-state index is 6.18. The summed E-state index contributed by atoms with van der Waals surface area (Å²) in [4.78, 5) is 10.4. The van der Waals surface area contributed by atoms with Gasteiger partial charge in [-0.05, 0) is 58.1 Å². The highest BCUT2D eigenvalue weighted by Gasteiger charge is 2.23. The number of rotatable bonds is 9. The molecule has 0 aromatic carbocycles. The summed E-state index contributed by atoms with van der Waals surface area (Å²) in [5.41, 5.74) is 4.14. The number of hydrogen-bond acceptors (Lipinski definition) is 5. The molecule has 8 nitrogen and oxygen atoms in total. The van der Waals surface area contributed by atoms with Crippen molar-refractivity contribution in [1.82, 2.24) is 34.1 Å². The molecule has 0 saturated carbocycles. The summed E-state index contributed by atoms with van der Waals surface area (Å²) in [5, 5.41) is 9.98. The van der Waals surface area contributed by atoms with Crippen molar-refractivity contribution in [3.05, 3.63) is 58.6 Å². The molecule has 4 rings (SSSR count). The van der Waals surface area contributed by atoms with E-state index in [1.165, 1.54) is 37.9 Å². The van der Waals surface area contributed by atoms with E-state index in [0.717, 1.165) is 52.6 Å². The molecule has 0 saturated heterocycles. The second kappa shape index (κ2) is 15.6. The Kier molecular flexibility index (Phi) is 13.2. The van der Waals surface area contributed by atoms with E-state index in [4.69, 9.17) is 23.2 Å². The first-order valence-corrected chi connectivity index (χ1v) is 14.8. The number of nitrogens with zero attached hydrogens (tertiary/aromatic N) is 8. The van der Waals surface area contributed by atoms with Crippen molar-refractivity contribution in [2.75, 3.05) is 39.3 Å². The SMILES string of the molecule is CCN(CC)CC.CC[N+](CC)(CC)Cc1ccn2ncnc(Cl)c12.Clc1ncnn2ccc(CBr)c12. The van der Waals surface area contributed by atoms with E-state index in [2.05, 4.69) is 88.6 Å². The fourth-order valence-corrected chi connectivity index (χ4v) is 5.18. The second-order valence-electron chi connectivity index (χ2n) is 8.57. The van der Waals surface area contributed by atoms with Crippen LogP contribution in [-0.4, -0.2) is 77.8 Å². The molecule has 4 heterocycles. The van der Waals surface area contributed by atoms with Crippen molar-refractivity contribution in [2.45, 2.75) is 53.4 Å². The Morgan fingerprint density at radius 1 is 0.757 bits per heavy atom. The Hall–Kier alpha value is -1.78. The van der Waals surface area contributed by atoms with Crippen LogP contribution < -0.4 is 0 Å². The molecule has 204 valence electrons. The Morgan fingerprint density at radius 2 is 1.19 bits per heavy atom. The van der Waals surface area contributed by atoms with Gasteiger partial charge in [0, 0.05) is 23.3 Å². The minimum Gasteiger partial charge on any atom is -0.320 e. The van der Waals surface area contributed by atoms with Crippen LogP contribution in [0.5, 0.6) is 0 Å². The first-order valence-electron chi connectivity index (χ1n) is 12.9. The molecule has 11 heteroatoms. The van der Waals surface area contributed by atoms with E-state index in [-0.39, 0.29) is 0 Å². The zero-order valence-electron chi connectivity index (χ0n) is 22.8. The summed E-state index contributed by atoms with van der Waals surface area (Å²) in [7, 11) is 0. The maximum Gasteiger partial charge on any atom is 0.157 e. The topological polar surface area (TPSA) is 63.6 Å². The molecule has 0 bridgehead atoms. The van der Waals surface area contributed by atoms with Crippen LogP contribution in [0, 0.1) is 0 Å². The predicted molar refractivity (Wildman–Crippen MR) is 158 cm³/mol. The molecule has 0 radical (unpaired) electrons. The average molecular weight is 615 g/mol. The number of aromatic nitrogens is 6. The molecule has 0 fully saturated rings. The monoisotopic (exact) mass is 613 g/mol. The van der Waals surface area contributed by atoms with Gasteiger partial charge >= 0.3 is 0 Å². The Bertz CT molecular complexity index is 1200. The van der Waals surface area contributed by atoms with Crippen LogP contribution in [0.25, 0.3) is 11.0 Å². The van der Waals surface area contributed by atoms with Gasteiger partial charge in [0.25, 0.3) is 0 Å². The highest BCUT2D eigenvalue weighted by atomic mass is 79.9. The molecule has 0 N–H and O–H groups in total. The van der Waals surface area contributed by atoms with Gasteiger partial charge in [0.05, 0.1) is 19.6 Å². The maximum absolute atomic E-state index is 6.18. The molecule has 0 spiro atoms. The highest BCUT2D eigenvalue weighted by Crippen LogP contribution is 2.23. The zero-order valence-corrected chi connectivity index (χ0v) is 25.9. The van der Waals surface area contributed by atoms with Gasteiger partial charge in [-0.2, -0.15) is 10.2 Å². The van der Waals surface area contributed by atoms with E-state index >= 15 is 0 Å². The summed E-state index contributed by atoms with van der Waals surface area (Å²) in [6.07, 6.45) is 6.74. The van der Waals surface area contributed by atoms with Crippen LogP contribution in [0.15, 0.2) is 37.2 Å². The highest BCUT2D eigenvalue weighted by molar-refractivity contribution is 9.08. The minimum absolute atomic E-state index is 0.490. The normalized spacial score (nSPS) is 11.4. The molecule has 0 amide bonds. The third-order valence-electron chi connectivity index (χ3n) is 6.99. The number of hydrogen-bond donors (Lipinski definition) is 0. The minimum atomic E-state index is 0.490. The van der Waals surface area contributed by atoms with Gasteiger partial charge in [-0.1, -0.05) is 59.9 Å². The van der Waals surface area contributed by atoms with Crippen molar-refractivity contribution in [2.24, 2.45) is 0 Å². The lowest BCUT2D eigenvalue weighted by Gasteiger charge is -2.35. The van der Waals surface area contributed by atoms with Crippen LogP contribution in [0.4, 0.5) is 0 Å². The first-order chi connectivity index (χ1) is 17.8. The van der Waals surface area contributed by atoms with Crippen LogP contribution in [0.1, 0.15) is 52.7 Å². The average Bonchev–Trinajstić information content (AvgIpc) is 3.55. The van der Waals surface area contributed by atoms with Crippen molar-refractivity contribution < 1.29 is 4.48 Å². The lowest BCUT2D eigenvalue weighted by atomic mass is 10.2. The molecule has 0 aliphatic rings. The van der Waals surface area contributed by atoms with Gasteiger partial charge < -0.3 is 9.38 Å². The van der Waals surface area contributed by atoms with Gasteiger partial charge in [-0.15, -0.1) is 0 Å². The third kappa shape index (κ3) is 8.10. The molecule has 0 unspecified atom stereocenters. The van der Waals surface area contributed by atoms with Gasteiger partial charge in [0.15, 0.2) is 10.3 Å². The van der Waals surface area contributed by atoms with E-state index in [9.17, 15) is 0 Å². The largest absolute Gasteiger partial charge is 0.320 e. The summed E-state index contributed by atoms with van der Waals surface area (Å²) in [6, 6.07) is 4.06. The molecule has 0 aliphatic heterocycles. The van der Waals surface area contributed by atoms with Gasteiger partial charge in [-0.25, -0.2) is 19.0 Å². The molecule has 0 aliphatic carbocycles. The van der Waals surface area contributed by atoms with Crippen LogP contribution in [0.2, 0.25) is 10.3 Å². The summed E-state index contributed by atoms with van der Waals surface area (Å²) in [5.74, 6) is 0. The van der Waals surface area contributed by atoms with Crippen molar-refractivity contribution >= 4 is 50.2 Å². The lowest BCUT2D eigenvalue weighted by molar-refractivity contribution is -0.936. The van der Waals surface area contributed by atoms with E-state index in [0.29, 0.717) is 10.3 Å². The number of quaternary nitrogens is 1. The zero-order chi connectivity index (χ0) is 27.4. The van der Waals surface area contributed by atoms with Gasteiger partial charge in [0.1, 0.15) is 30.2 Å². The second-order valence-corrected chi connectivity index (χ2v) is 9.85. The van der Waals surface area contributed by atoms with E-state index < -0.39 is 0 Å². The molecular formula is C26H40BrCl2N8+. The summed E-state index contributed by atoms with van der Waals surface area (Å²) >= 11 is 15.4. The van der Waals surface area contributed by atoms with Gasteiger partial charge in [0.2, 0.25) is 0 Å². The molecule has 4 aromatic rings. The summed E-state index contributed by atoms with van der Waals surface area (Å²) < 4.78 is 4.58. The number of halogens is 3. The standard InChI is InChI=1S/C13H20ClN4.C7H5BrClN3.C6H15N/c1-4-18(5-2,6-3)9-11-7-8-17-12(11)13(14)15-10-16-17;8-3-5-1-2-12-6(5)7(9)10-4-11-12;1-4-7(5-2)6-3/h7-8,10H,4-6,9H2,1-3H3;1-2,4H,3H2;4-6H2,1-3H3/q+1;;. The van der Waals surface area contributed by atoms with E-state index in [1.807, 2.05) is 18.5 Å². The van der Waals surface area contributed by atoms with Crippen LogP contribution >= 0.6 is 39.1 Å². The fourth-order valence-electron chi connectivity index (χ4n) is 4.23. The quantitative estimate of drug-likeness (QED) is 0.162. The molecular weight excluding hydrogens is 575 g/mol. The molecule has 4 aromatic heterocycles. The van der Waals surface area contributed by atoms with Crippen molar-refractivity contribution in [3.8, 4) is 0 Å². The number of alkyl halides is 1. The Morgan fingerprint density at radius 3 is 1.57 bits per heavy atom. The van der Waals surface area contributed by atoms with Gasteiger partial charge in [-0.3, -0.25) is 0 Å². The summed E-state index contributed by atoms with van der Waals surface area (Å²) in [6.45, 7) is 21.2. The van der Waals surface area contributed by atoms with Crippen molar-refractivity contribution in [3.63, 3.8) is 0 Å². The Balaban J connectivity index is 0.000000218. The predicted octanol–water partition coefficient (Wildman–Crippen LogP) is 6.38. The smallest absolute Gasteiger partial charge is 0.157 e.